The van der Waals surface area contributed by atoms with Crippen LogP contribution in [-0.4, -0.2) is 20.9 Å². The summed E-state index contributed by atoms with van der Waals surface area (Å²) in [6.45, 7) is 6.44. The summed E-state index contributed by atoms with van der Waals surface area (Å²) in [5.41, 5.74) is 4.28. The van der Waals surface area contributed by atoms with E-state index in [1.54, 1.807) is 23.1 Å². The lowest BCUT2D eigenvalue weighted by atomic mass is 10.1. The molecule has 2 aromatic carbocycles. The Hall–Kier alpha value is -2.15. The number of aryl methyl sites for hydroxylation is 2. The summed E-state index contributed by atoms with van der Waals surface area (Å²) in [5, 5.41) is 0.385. The van der Waals surface area contributed by atoms with Crippen LogP contribution in [0.4, 0.5) is 5.69 Å². The summed E-state index contributed by atoms with van der Waals surface area (Å²) in [7, 11) is -3.48. The van der Waals surface area contributed by atoms with Crippen LogP contribution in [0.15, 0.2) is 47.4 Å². The van der Waals surface area contributed by atoms with Gasteiger partial charge in [0.05, 0.1) is 15.5 Å². The summed E-state index contributed by atoms with van der Waals surface area (Å²) in [4.78, 5) is 16.7. The maximum atomic E-state index is 13.4. The minimum absolute atomic E-state index is 0.116. The zero-order chi connectivity index (χ0) is 20.9. The molecule has 0 saturated heterocycles. The molecule has 150 valence electrons. The maximum Gasteiger partial charge on any atom is 0.268 e. The third-order valence-corrected chi connectivity index (χ3v) is 8.24. The standard InChI is InChI=1S/C22H20ClNO3S2/c1-4-24(18-9-13(2)5-6-14(18)3)22(25)19-10-15-12-29(26,27)20-11-16(23)7-8-17(20)21(15)28-19/h5-11H,4,12H2,1-3H3. The van der Waals surface area contributed by atoms with Crippen molar-refractivity contribution in [3.05, 3.63) is 69.1 Å². The Morgan fingerprint density at radius 2 is 1.90 bits per heavy atom. The lowest BCUT2D eigenvalue weighted by Gasteiger charge is -2.23. The van der Waals surface area contributed by atoms with Gasteiger partial charge in [-0.3, -0.25) is 4.79 Å². The van der Waals surface area contributed by atoms with Crippen LogP contribution >= 0.6 is 22.9 Å². The molecule has 0 spiro atoms. The largest absolute Gasteiger partial charge is 0.308 e. The summed E-state index contributed by atoms with van der Waals surface area (Å²) in [5.74, 6) is -0.233. The van der Waals surface area contributed by atoms with E-state index in [-0.39, 0.29) is 16.6 Å². The van der Waals surface area contributed by atoms with Crippen LogP contribution in [-0.2, 0) is 15.6 Å². The monoisotopic (exact) mass is 445 g/mol. The smallest absolute Gasteiger partial charge is 0.268 e. The zero-order valence-electron chi connectivity index (χ0n) is 16.3. The number of rotatable bonds is 3. The number of hydrogen-bond acceptors (Lipinski definition) is 4. The Bertz CT molecular complexity index is 1240. The summed E-state index contributed by atoms with van der Waals surface area (Å²) in [6, 6.07) is 12.7. The van der Waals surface area contributed by atoms with Crippen molar-refractivity contribution in [2.24, 2.45) is 0 Å². The van der Waals surface area contributed by atoms with E-state index < -0.39 is 9.84 Å². The van der Waals surface area contributed by atoms with Crippen molar-refractivity contribution in [3.8, 4) is 10.4 Å². The van der Waals surface area contributed by atoms with E-state index in [4.69, 9.17) is 11.6 Å². The molecule has 1 aromatic heterocycles. The molecular weight excluding hydrogens is 426 g/mol. The molecule has 4 nitrogen and oxygen atoms in total. The highest BCUT2D eigenvalue weighted by molar-refractivity contribution is 7.91. The summed E-state index contributed by atoms with van der Waals surface area (Å²) >= 11 is 7.36. The van der Waals surface area contributed by atoms with Crippen molar-refractivity contribution in [1.82, 2.24) is 0 Å². The lowest BCUT2D eigenvalue weighted by molar-refractivity contribution is 0.0992. The molecule has 0 saturated carbocycles. The van der Waals surface area contributed by atoms with Gasteiger partial charge in [-0.1, -0.05) is 29.8 Å². The highest BCUT2D eigenvalue weighted by Gasteiger charge is 2.32. The lowest BCUT2D eigenvalue weighted by Crippen LogP contribution is -2.30. The molecule has 0 unspecified atom stereocenters. The Kier molecular flexibility index (Phi) is 5.05. The van der Waals surface area contributed by atoms with E-state index in [1.807, 2.05) is 39.0 Å². The molecule has 0 bridgehead atoms. The summed E-state index contributed by atoms with van der Waals surface area (Å²) in [6.07, 6.45) is 0. The van der Waals surface area contributed by atoms with Crippen LogP contribution < -0.4 is 4.90 Å². The van der Waals surface area contributed by atoms with Gasteiger partial charge in [0.25, 0.3) is 5.91 Å². The Morgan fingerprint density at radius 1 is 1.14 bits per heavy atom. The molecule has 29 heavy (non-hydrogen) atoms. The molecule has 1 aliphatic rings. The Balaban J connectivity index is 1.80. The SMILES string of the molecule is CCN(C(=O)c1cc2c(s1)-c1ccc(Cl)cc1S(=O)(=O)C2)c1cc(C)ccc1C. The second-order valence-corrected chi connectivity index (χ2v) is 10.7. The van der Waals surface area contributed by atoms with Crippen molar-refractivity contribution in [2.45, 2.75) is 31.4 Å². The molecule has 1 aliphatic heterocycles. The van der Waals surface area contributed by atoms with Gasteiger partial charge in [0.2, 0.25) is 0 Å². The minimum Gasteiger partial charge on any atom is -0.308 e. The van der Waals surface area contributed by atoms with E-state index in [0.717, 1.165) is 21.7 Å². The van der Waals surface area contributed by atoms with Gasteiger partial charge in [-0.05, 0) is 61.7 Å². The molecule has 2 heterocycles. The molecule has 0 N–H and O–H groups in total. The van der Waals surface area contributed by atoms with Crippen LogP contribution in [0.25, 0.3) is 10.4 Å². The zero-order valence-corrected chi connectivity index (χ0v) is 18.7. The Morgan fingerprint density at radius 3 is 2.62 bits per heavy atom. The van der Waals surface area contributed by atoms with Gasteiger partial charge >= 0.3 is 0 Å². The first kappa shape index (κ1) is 20.1. The average Bonchev–Trinajstić information content (AvgIpc) is 3.08. The predicted octanol–water partition coefficient (Wildman–Crippen LogP) is 5.64. The molecule has 1 amide bonds. The third-order valence-electron chi connectivity index (χ3n) is 5.11. The summed E-state index contributed by atoms with van der Waals surface area (Å²) < 4.78 is 25.4. The first-order valence-corrected chi connectivity index (χ1v) is 12.1. The van der Waals surface area contributed by atoms with Crippen molar-refractivity contribution in [1.29, 1.82) is 0 Å². The number of nitrogens with zero attached hydrogens (tertiary/aromatic N) is 1. The molecule has 3 aromatic rings. The fourth-order valence-corrected chi connectivity index (χ4v) is 6.83. The third kappa shape index (κ3) is 3.50. The number of carbonyl (C=O) groups excluding carboxylic acids is 1. The maximum absolute atomic E-state index is 13.4. The number of benzene rings is 2. The second kappa shape index (κ2) is 7.27. The first-order valence-electron chi connectivity index (χ1n) is 9.26. The molecule has 0 aliphatic carbocycles. The van der Waals surface area contributed by atoms with Crippen LogP contribution in [0.1, 0.15) is 33.3 Å². The highest BCUT2D eigenvalue weighted by Crippen LogP contribution is 2.44. The van der Waals surface area contributed by atoms with Gasteiger partial charge in [0.15, 0.2) is 9.84 Å². The molecule has 0 atom stereocenters. The average molecular weight is 446 g/mol. The number of hydrogen-bond donors (Lipinski definition) is 0. The predicted molar refractivity (Wildman–Crippen MR) is 119 cm³/mol. The normalized spacial score (nSPS) is 14.2. The van der Waals surface area contributed by atoms with Crippen molar-refractivity contribution in [2.75, 3.05) is 11.4 Å². The van der Waals surface area contributed by atoms with Crippen LogP contribution in [0.5, 0.6) is 0 Å². The van der Waals surface area contributed by atoms with Crippen LogP contribution in [0.2, 0.25) is 5.02 Å². The number of thiophene rings is 1. The van der Waals surface area contributed by atoms with E-state index in [1.165, 1.54) is 17.4 Å². The molecular formula is C22H20ClNO3S2. The Labute approximate surface area is 179 Å². The first-order chi connectivity index (χ1) is 13.7. The van der Waals surface area contributed by atoms with Gasteiger partial charge in [0, 0.05) is 27.7 Å². The fourth-order valence-electron chi connectivity index (χ4n) is 3.66. The second-order valence-electron chi connectivity index (χ2n) is 7.20. The van der Waals surface area contributed by atoms with Crippen molar-refractivity contribution >= 4 is 44.4 Å². The quantitative estimate of drug-likeness (QED) is 0.524. The number of anilines is 1. The fraction of sp³-hybridized carbons (Fsp3) is 0.227. The number of sulfone groups is 1. The molecule has 0 fully saturated rings. The van der Waals surface area contributed by atoms with Crippen LogP contribution in [0.3, 0.4) is 0 Å². The van der Waals surface area contributed by atoms with Crippen molar-refractivity contribution in [3.63, 3.8) is 0 Å². The molecule has 0 radical (unpaired) electrons. The van der Waals surface area contributed by atoms with Gasteiger partial charge < -0.3 is 4.90 Å². The van der Waals surface area contributed by atoms with E-state index in [2.05, 4.69) is 0 Å². The topological polar surface area (TPSA) is 54.5 Å². The number of amides is 1. The molecule has 4 rings (SSSR count). The van der Waals surface area contributed by atoms with E-state index in [9.17, 15) is 13.2 Å². The van der Waals surface area contributed by atoms with Crippen LogP contribution in [0, 0.1) is 13.8 Å². The van der Waals surface area contributed by atoms with Gasteiger partial charge in [-0.15, -0.1) is 11.3 Å². The molecule has 7 heteroatoms. The number of carbonyl (C=O) groups is 1. The van der Waals surface area contributed by atoms with Crippen molar-refractivity contribution < 1.29 is 13.2 Å². The minimum atomic E-state index is -3.48. The van der Waals surface area contributed by atoms with E-state index in [0.29, 0.717) is 27.6 Å². The highest BCUT2D eigenvalue weighted by atomic mass is 35.5. The van der Waals surface area contributed by atoms with Gasteiger partial charge in [-0.2, -0.15) is 0 Å². The van der Waals surface area contributed by atoms with Gasteiger partial charge in [0.1, 0.15) is 0 Å². The number of halogens is 1. The van der Waals surface area contributed by atoms with Gasteiger partial charge in [-0.25, -0.2) is 8.42 Å². The van der Waals surface area contributed by atoms with E-state index >= 15 is 0 Å². The number of fused-ring (bicyclic) bond motifs is 3.